The number of hydrogen-bond donors (Lipinski definition) is 1. The fraction of sp³-hybridized carbons (Fsp3) is 0.200. The molecule has 0 atom stereocenters. The van der Waals surface area contributed by atoms with E-state index in [4.69, 9.17) is 5.73 Å². The Kier molecular flexibility index (Phi) is 2.51. The van der Waals surface area contributed by atoms with Gasteiger partial charge in [-0.2, -0.15) is 0 Å². The van der Waals surface area contributed by atoms with E-state index in [1.807, 2.05) is 29.8 Å². The molecular formula is C10H14N2. The first-order valence-corrected chi connectivity index (χ1v) is 3.88. The lowest BCUT2D eigenvalue weighted by Gasteiger charge is -2.01. The average molecular weight is 162 g/mol. The van der Waals surface area contributed by atoms with Crippen molar-refractivity contribution in [2.75, 3.05) is 0 Å². The highest BCUT2D eigenvalue weighted by Crippen LogP contribution is 2.16. The molecule has 0 spiro atoms. The van der Waals surface area contributed by atoms with Crippen LogP contribution >= 0.6 is 0 Å². The van der Waals surface area contributed by atoms with Crippen molar-refractivity contribution in [3.63, 3.8) is 0 Å². The third-order valence-electron chi connectivity index (χ3n) is 2.03. The third kappa shape index (κ3) is 1.21. The van der Waals surface area contributed by atoms with E-state index < -0.39 is 0 Å². The van der Waals surface area contributed by atoms with Crippen LogP contribution in [0.3, 0.4) is 0 Å². The van der Waals surface area contributed by atoms with Crippen LogP contribution in [0.15, 0.2) is 19.2 Å². The van der Waals surface area contributed by atoms with Crippen LogP contribution in [0.1, 0.15) is 17.0 Å². The van der Waals surface area contributed by atoms with Crippen molar-refractivity contribution >= 4 is 12.2 Å². The van der Waals surface area contributed by atoms with Crippen LogP contribution in [0, 0.1) is 0 Å². The Morgan fingerprint density at radius 3 is 2.50 bits per heavy atom. The van der Waals surface area contributed by atoms with E-state index in [0.717, 1.165) is 17.0 Å². The number of nitrogens with zero attached hydrogens (tertiary/aromatic N) is 1. The molecule has 0 amide bonds. The summed E-state index contributed by atoms with van der Waals surface area (Å²) in [6.45, 7) is 8.01. The fourth-order valence-electron chi connectivity index (χ4n) is 1.31. The first-order valence-electron chi connectivity index (χ1n) is 3.88. The predicted molar refractivity (Wildman–Crippen MR) is 53.5 cm³/mol. The molecule has 1 rings (SSSR count). The monoisotopic (exact) mass is 162 g/mol. The van der Waals surface area contributed by atoms with E-state index in [0.29, 0.717) is 6.54 Å². The van der Waals surface area contributed by atoms with Gasteiger partial charge < -0.3 is 10.3 Å². The summed E-state index contributed by atoms with van der Waals surface area (Å²) in [6, 6.07) is 2.03. The lowest BCUT2D eigenvalue weighted by molar-refractivity contribution is 0.816. The second kappa shape index (κ2) is 3.41. The molecule has 0 fully saturated rings. The van der Waals surface area contributed by atoms with Crippen molar-refractivity contribution in [2.45, 2.75) is 6.54 Å². The van der Waals surface area contributed by atoms with Crippen LogP contribution < -0.4 is 5.73 Å². The smallest absolute Gasteiger partial charge is 0.0474 e. The summed E-state index contributed by atoms with van der Waals surface area (Å²) >= 11 is 0. The van der Waals surface area contributed by atoms with Gasteiger partial charge in [0.1, 0.15) is 0 Å². The zero-order chi connectivity index (χ0) is 9.14. The number of aromatic nitrogens is 1. The van der Waals surface area contributed by atoms with Crippen LogP contribution in [0.4, 0.5) is 0 Å². The molecule has 0 bridgehead atoms. The van der Waals surface area contributed by atoms with Crippen molar-refractivity contribution in [1.82, 2.24) is 4.57 Å². The number of rotatable bonds is 3. The summed E-state index contributed by atoms with van der Waals surface area (Å²) in [5, 5.41) is 0. The van der Waals surface area contributed by atoms with Crippen molar-refractivity contribution in [3.8, 4) is 0 Å². The van der Waals surface area contributed by atoms with E-state index >= 15 is 0 Å². The summed E-state index contributed by atoms with van der Waals surface area (Å²) in [7, 11) is 1.98. The summed E-state index contributed by atoms with van der Waals surface area (Å²) in [4.78, 5) is 0. The lowest BCUT2D eigenvalue weighted by Crippen LogP contribution is -2.03. The zero-order valence-corrected chi connectivity index (χ0v) is 7.38. The number of hydrogen-bond acceptors (Lipinski definition) is 1. The van der Waals surface area contributed by atoms with Crippen molar-refractivity contribution < 1.29 is 0 Å². The van der Waals surface area contributed by atoms with E-state index in [1.165, 1.54) is 0 Å². The minimum absolute atomic E-state index is 0.547. The van der Waals surface area contributed by atoms with Gasteiger partial charge in [0.25, 0.3) is 0 Å². The van der Waals surface area contributed by atoms with Gasteiger partial charge in [0.2, 0.25) is 0 Å². The maximum absolute atomic E-state index is 5.55. The summed E-state index contributed by atoms with van der Waals surface area (Å²) < 4.78 is 2.03. The van der Waals surface area contributed by atoms with E-state index in [2.05, 4.69) is 13.2 Å². The van der Waals surface area contributed by atoms with Crippen molar-refractivity contribution in [1.29, 1.82) is 0 Å². The van der Waals surface area contributed by atoms with Gasteiger partial charge in [0, 0.05) is 25.0 Å². The molecule has 0 aliphatic heterocycles. The molecule has 0 aliphatic carbocycles. The minimum Gasteiger partial charge on any atom is -0.346 e. The van der Waals surface area contributed by atoms with Gasteiger partial charge in [-0.3, -0.25) is 0 Å². The fourth-order valence-corrected chi connectivity index (χ4v) is 1.31. The van der Waals surface area contributed by atoms with Crippen LogP contribution in [0.5, 0.6) is 0 Å². The van der Waals surface area contributed by atoms with Crippen molar-refractivity contribution in [2.24, 2.45) is 12.8 Å². The van der Waals surface area contributed by atoms with E-state index in [1.54, 1.807) is 0 Å². The molecule has 0 saturated carbocycles. The second-order valence-corrected chi connectivity index (χ2v) is 2.65. The van der Waals surface area contributed by atoms with Gasteiger partial charge in [-0.25, -0.2) is 0 Å². The predicted octanol–water partition coefficient (Wildman–Crippen LogP) is 1.77. The van der Waals surface area contributed by atoms with Gasteiger partial charge >= 0.3 is 0 Å². The van der Waals surface area contributed by atoms with E-state index in [9.17, 15) is 0 Å². The molecule has 0 radical (unpaired) electrons. The molecule has 2 N–H and O–H groups in total. The third-order valence-corrected chi connectivity index (χ3v) is 2.03. The Hall–Kier alpha value is -1.28. The summed E-state index contributed by atoms with van der Waals surface area (Å²) in [5.74, 6) is 0. The van der Waals surface area contributed by atoms with Gasteiger partial charge in [0.05, 0.1) is 0 Å². The summed E-state index contributed by atoms with van der Waals surface area (Å²) in [6.07, 6.45) is 3.63. The van der Waals surface area contributed by atoms with Crippen LogP contribution in [-0.4, -0.2) is 4.57 Å². The molecule has 0 aromatic carbocycles. The topological polar surface area (TPSA) is 30.9 Å². The molecule has 1 aromatic rings. The Bertz CT molecular complexity index is 308. The van der Waals surface area contributed by atoms with E-state index in [-0.39, 0.29) is 0 Å². The quantitative estimate of drug-likeness (QED) is 0.721. The van der Waals surface area contributed by atoms with Crippen LogP contribution in [0.2, 0.25) is 0 Å². The van der Waals surface area contributed by atoms with Gasteiger partial charge in [0.15, 0.2) is 0 Å². The largest absolute Gasteiger partial charge is 0.346 e. The normalized spacial score (nSPS) is 9.83. The standard InChI is InChI=1S/C10H14N2/c1-4-8-6-9(7-11)12(3)10(8)5-2/h4-6H,1-2,7,11H2,3H3. The second-order valence-electron chi connectivity index (χ2n) is 2.65. The lowest BCUT2D eigenvalue weighted by atomic mass is 10.2. The van der Waals surface area contributed by atoms with Crippen LogP contribution in [-0.2, 0) is 13.6 Å². The van der Waals surface area contributed by atoms with Gasteiger partial charge in [-0.15, -0.1) is 0 Å². The maximum Gasteiger partial charge on any atom is 0.0474 e. The maximum atomic E-state index is 5.55. The van der Waals surface area contributed by atoms with Crippen LogP contribution in [0.25, 0.3) is 12.2 Å². The molecule has 0 saturated heterocycles. The summed E-state index contributed by atoms with van der Waals surface area (Å²) in [5.41, 5.74) is 8.82. The Labute approximate surface area is 73.0 Å². The zero-order valence-electron chi connectivity index (χ0n) is 7.38. The first kappa shape index (κ1) is 8.81. The molecule has 2 nitrogen and oxygen atoms in total. The Balaban J connectivity index is 3.31. The molecule has 64 valence electrons. The van der Waals surface area contributed by atoms with Gasteiger partial charge in [-0.1, -0.05) is 19.2 Å². The molecule has 1 aromatic heterocycles. The Morgan fingerprint density at radius 2 is 2.17 bits per heavy atom. The number of nitrogens with two attached hydrogens (primary N) is 1. The molecular weight excluding hydrogens is 148 g/mol. The highest BCUT2D eigenvalue weighted by Gasteiger charge is 2.05. The molecule has 1 heterocycles. The molecule has 2 heteroatoms. The SMILES string of the molecule is C=Cc1cc(CN)n(C)c1C=C. The molecule has 0 unspecified atom stereocenters. The molecule has 12 heavy (non-hydrogen) atoms. The highest BCUT2D eigenvalue weighted by atomic mass is 15.0. The Morgan fingerprint density at radius 1 is 1.50 bits per heavy atom. The van der Waals surface area contributed by atoms with Crippen molar-refractivity contribution in [3.05, 3.63) is 36.2 Å². The van der Waals surface area contributed by atoms with Gasteiger partial charge in [-0.05, 0) is 17.7 Å². The first-order chi connectivity index (χ1) is 5.74. The average Bonchev–Trinajstić information content (AvgIpc) is 2.41. The molecule has 0 aliphatic rings. The highest BCUT2D eigenvalue weighted by molar-refractivity contribution is 5.62. The minimum atomic E-state index is 0.547.